The fourth-order valence-corrected chi connectivity index (χ4v) is 2.06. The molecule has 0 spiro atoms. The maximum atomic E-state index is 11.3. The second kappa shape index (κ2) is 3.44. The molecule has 0 fully saturated rings. The van der Waals surface area contributed by atoms with Gasteiger partial charge in [-0.15, -0.1) is 0 Å². The number of amides is 1. The molecule has 2 heterocycles. The Hall–Kier alpha value is -1.32. The van der Waals surface area contributed by atoms with Crippen molar-refractivity contribution >= 4 is 5.91 Å². The number of nitrogens with two attached hydrogens (primary N) is 1. The highest BCUT2D eigenvalue weighted by atomic mass is 16.1. The van der Waals surface area contributed by atoms with Crippen molar-refractivity contribution in [2.45, 2.75) is 39.2 Å². The lowest BCUT2D eigenvalue weighted by Crippen LogP contribution is -2.21. The van der Waals surface area contributed by atoms with E-state index in [4.69, 9.17) is 5.73 Å². The molecular weight excluding hydrogens is 178 g/mol. The van der Waals surface area contributed by atoms with Crippen molar-refractivity contribution in [2.24, 2.45) is 5.73 Å². The molecule has 2 N–H and O–H groups in total. The Kier molecular flexibility index (Phi) is 2.27. The van der Waals surface area contributed by atoms with Crippen LogP contribution in [0.25, 0.3) is 0 Å². The third-order valence-electron chi connectivity index (χ3n) is 2.72. The van der Waals surface area contributed by atoms with Crippen LogP contribution < -0.4 is 5.73 Å². The van der Waals surface area contributed by atoms with E-state index in [1.165, 1.54) is 6.42 Å². The van der Waals surface area contributed by atoms with Crippen LogP contribution in [0.5, 0.6) is 0 Å². The third-order valence-corrected chi connectivity index (χ3v) is 2.72. The van der Waals surface area contributed by atoms with Gasteiger partial charge in [-0.05, 0) is 19.3 Å². The van der Waals surface area contributed by atoms with Gasteiger partial charge >= 0.3 is 0 Å². The molecule has 1 amide bonds. The van der Waals surface area contributed by atoms with Crippen molar-refractivity contribution in [3.05, 3.63) is 17.2 Å². The smallest absolute Gasteiger partial charge is 0.267 e. The molecule has 2 rings (SSSR count). The van der Waals surface area contributed by atoms with Crippen molar-refractivity contribution < 1.29 is 4.79 Å². The first kappa shape index (κ1) is 9.24. The number of hydrogen-bond acceptors (Lipinski definition) is 2. The Balaban J connectivity index is 2.53. The minimum atomic E-state index is -0.345. The van der Waals surface area contributed by atoms with Gasteiger partial charge in [0.25, 0.3) is 5.91 Å². The number of aryl methyl sites for hydroxylation is 2. The van der Waals surface area contributed by atoms with E-state index in [1.54, 1.807) is 0 Å². The van der Waals surface area contributed by atoms with Gasteiger partial charge in [-0.2, -0.15) is 0 Å². The average molecular weight is 193 g/mol. The molecule has 1 aromatic rings. The standard InChI is InChI=1S/C10H15N3O/c1-2-7-9(10(11)14)13-6-4-3-5-8(13)12-7/h2-6H2,1H3,(H2,11,14). The van der Waals surface area contributed by atoms with Crippen LogP contribution in [0.1, 0.15) is 41.8 Å². The van der Waals surface area contributed by atoms with Crippen molar-refractivity contribution in [2.75, 3.05) is 0 Å². The summed E-state index contributed by atoms with van der Waals surface area (Å²) in [5, 5.41) is 0. The molecule has 0 unspecified atom stereocenters. The first-order chi connectivity index (χ1) is 6.74. The Morgan fingerprint density at radius 1 is 1.57 bits per heavy atom. The predicted octanol–water partition coefficient (Wildman–Crippen LogP) is 0.881. The SMILES string of the molecule is CCc1nc2n(c1C(N)=O)CCCC2. The molecular formula is C10H15N3O. The summed E-state index contributed by atoms with van der Waals surface area (Å²) in [4.78, 5) is 15.7. The minimum Gasteiger partial charge on any atom is -0.364 e. The molecule has 0 bridgehead atoms. The highest BCUT2D eigenvalue weighted by molar-refractivity contribution is 5.92. The lowest BCUT2D eigenvalue weighted by atomic mass is 10.1. The van der Waals surface area contributed by atoms with Crippen LogP contribution in [0.4, 0.5) is 0 Å². The number of aromatic nitrogens is 2. The number of imidazole rings is 1. The fourth-order valence-electron chi connectivity index (χ4n) is 2.06. The van der Waals surface area contributed by atoms with Gasteiger partial charge in [0.1, 0.15) is 11.5 Å². The van der Waals surface area contributed by atoms with E-state index in [2.05, 4.69) is 4.98 Å². The van der Waals surface area contributed by atoms with Gasteiger partial charge in [0.15, 0.2) is 0 Å². The molecule has 1 aromatic heterocycles. The van der Waals surface area contributed by atoms with E-state index in [0.717, 1.165) is 37.3 Å². The molecule has 0 atom stereocenters. The van der Waals surface area contributed by atoms with Crippen molar-refractivity contribution in [3.8, 4) is 0 Å². The molecule has 1 aliphatic rings. The summed E-state index contributed by atoms with van der Waals surface area (Å²) in [5.74, 6) is 0.685. The van der Waals surface area contributed by atoms with Crippen LogP contribution in [-0.4, -0.2) is 15.5 Å². The van der Waals surface area contributed by atoms with Gasteiger partial charge < -0.3 is 10.3 Å². The summed E-state index contributed by atoms with van der Waals surface area (Å²) < 4.78 is 1.99. The van der Waals surface area contributed by atoms with Crippen LogP contribution in [0.3, 0.4) is 0 Å². The van der Waals surface area contributed by atoms with E-state index in [9.17, 15) is 4.79 Å². The number of fused-ring (bicyclic) bond motifs is 1. The van der Waals surface area contributed by atoms with Crippen molar-refractivity contribution in [3.63, 3.8) is 0 Å². The summed E-state index contributed by atoms with van der Waals surface area (Å²) in [6.45, 7) is 2.89. The van der Waals surface area contributed by atoms with E-state index in [0.29, 0.717) is 5.69 Å². The topological polar surface area (TPSA) is 60.9 Å². The van der Waals surface area contributed by atoms with Gasteiger partial charge in [0.05, 0.1) is 5.69 Å². The van der Waals surface area contributed by atoms with E-state index in [-0.39, 0.29) is 5.91 Å². The molecule has 76 valence electrons. The van der Waals surface area contributed by atoms with E-state index in [1.807, 2.05) is 11.5 Å². The zero-order valence-corrected chi connectivity index (χ0v) is 8.42. The summed E-state index contributed by atoms with van der Waals surface area (Å²) >= 11 is 0. The molecule has 0 aliphatic carbocycles. The third kappa shape index (κ3) is 1.31. The fraction of sp³-hybridized carbons (Fsp3) is 0.600. The zero-order chi connectivity index (χ0) is 10.1. The number of primary amides is 1. The van der Waals surface area contributed by atoms with Crippen LogP contribution in [0.2, 0.25) is 0 Å². The van der Waals surface area contributed by atoms with Gasteiger partial charge in [-0.3, -0.25) is 4.79 Å². The molecule has 4 nitrogen and oxygen atoms in total. The first-order valence-corrected chi connectivity index (χ1v) is 5.12. The summed E-state index contributed by atoms with van der Waals surface area (Å²) in [7, 11) is 0. The average Bonchev–Trinajstić information content (AvgIpc) is 2.55. The number of nitrogens with zero attached hydrogens (tertiary/aromatic N) is 2. The number of rotatable bonds is 2. The Labute approximate surface area is 83.1 Å². The lowest BCUT2D eigenvalue weighted by molar-refractivity contribution is 0.0989. The summed E-state index contributed by atoms with van der Waals surface area (Å²) in [6, 6.07) is 0. The first-order valence-electron chi connectivity index (χ1n) is 5.12. The Morgan fingerprint density at radius 2 is 2.36 bits per heavy atom. The summed E-state index contributed by atoms with van der Waals surface area (Å²) in [5.41, 5.74) is 6.84. The molecule has 0 saturated carbocycles. The second-order valence-electron chi connectivity index (χ2n) is 3.65. The van der Waals surface area contributed by atoms with Crippen LogP contribution >= 0.6 is 0 Å². The molecule has 14 heavy (non-hydrogen) atoms. The van der Waals surface area contributed by atoms with Crippen LogP contribution in [0, 0.1) is 0 Å². The van der Waals surface area contributed by atoms with Crippen LogP contribution in [-0.2, 0) is 19.4 Å². The largest absolute Gasteiger partial charge is 0.364 e. The molecule has 4 heteroatoms. The van der Waals surface area contributed by atoms with Crippen molar-refractivity contribution in [1.29, 1.82) is 0 Å². The molecule has 0 saturated heterocycles. The minimum absolute atomic E-state index is 0.345. The normalized spacial score (nSPS) is 15.2. The maximum absolute atomic E-state index is 11.3. The molecule has 1 aliphatic heterocycles. The lowest BCUT2D eigenvalue weighted by Gasteiger charge is -2.14. The van der Waals surface area contributed by atoms with E-state index < -0.39 is 0 Å². The second-order valence-corrected chi connectivity index (χ2v) is 3.65. The maximum Gasteiger partial charge on any atom is 0.267 e. The highest BCUT2D eigenvalue weighted by Gasteiger charge is 2.21. The molecule has 0 radical (unpaired) electrons. The quantitative estimate of drug-likeness (QED) is 0.758. The molecule has 0 aromatic carbocycles. The predicted molar refractivity (Wildman–Crippen MR) is 53.1 cm³/mol. The summed E-state index contributed by atoms with van der Waals surface area (Å²) in [6.07, 6.45) is 4.03. The van der Waals surface area contributed by atoms with Crippen LogP contribution in [0.15, 0.2) is 0 Å². The number of carbonyl (C=O) groups is 1. The zero-order valence-electron chi connectivity index (χ0n) is 8.42. The Morgan fingerprint density at radius 3 is 3.00 bits per heavy atom. The number of hydrogen-bond donors (Lipinski definition) is 1. The van der Waals surface area contributed by atoms with Gasteiger partial charge in [-0.1, -0.05) is 6.92 Å². The number of carbonyl (C=O) groups excluding carboxylic acids is 1. The van der Waals surface area contributed by atoms with Crippen molar-refractivity contribution in [1.82, 2.24) is 9.55 Å². The van der Waals surface area contributed by atoms with Gasteiger partial charge in [0.2, 0.25) is 0 Å². The van der Waals surface area contributed by atoms with E-state index >= 15 is 0 Å². The van der Waals surface area contributed by atoms with Gasteiger partial charge in [0, 0.05) is 13.0 Å². The monoisotopic (exact) mass is 193 g/mol. The Bertz CT molecular complexity index is 368. The highest BCUT2D eigenvalue weighted by Crippen LogP contribution is 2.19. The van der Waals surface area contributed by atoms with Gasteiger partial charge in [-0.25, -0.2) is 4.98 Å².